The van der Waals surface area contributed by atoms with Crippen LogP contribution in [0.1, 0.15) is 44.3 Å². The first-order valence-electron chi connectivity index (χ1n) is 6.08. The normalized spacial score (nSPS) is 12.1. The van der Waals surface area contributed by atoms with Gasteiger partial charge in [-0.2, -0.15) is 0 Å². The van der Waals surface area contributed by atoms with Crippen molar-refractivity contribution >= 4 is 0 Å². The van der Waals surface area contributed by atoms with E-state index < -0.39 is 0 Å². The van der Waals surface area contributed by atoms with Crippen molar-refractivity contribution in [2.75, 3.05) is 6.61 Å². The molecule has 1 aromatic rings. The Kier molecular flexibility index (Phi) is 6.35. The SMILES string of the molecule is C#CCOC(CCCCC)c1ccc(F)cc1. The van der Waals surface area contributed by atoms with Crippen molar-refractivity contribution in [3.05, 3.63) is 35.6 Å². The summed E-state index contributed by atoms with van der Waals surface area (Å²) in [5.41, 5.74) is 0.998. The molecule has 2 heteroatoms. The molecule has 0 aliphatic heterocycles. The summed E-state index contributed by atoms with van der Waals surface area (Å²) >= 11 is 0. The van der Waals surface area contributed by atoms with Crippen LogP contribution in [0.3, 0.4) is 0 Å². The van der Waals surface area contributed by atoms with Crippen LogP contribution in [0.4, 0.5) is 4.39 Å². The van der Waals surface area contributed by atoms with Crippen LogP contribution in [0.25, 0.3) is 0 Å². The van der Waals surface area contributed by atoms with Gasteiger partial charge in [0, 0.05) is 0 Å². The molecule has 0 radical (unpaired) electrons. The summed E-state index contributed by atoms with van der Waals surface area (Å²) in [6.45, 7) is 2.46. The molecule has 17 heavy (non-hydrogen) atoms. The summed E-state index contributed by atoms with van der Waals surface area (Å²) in [5, 5.41) is 0. The highest BCUT2D eigenvalue weighted by Crippen LogP contribution is 2.24. The molecule has 0 aliphatic carbocycles. The van der Waals surface area contributed by atoms with Crippen LogP contribution >= 0.6 is 0 Å². The van der Waals surface area contributed by atoms with Gasteiger partial charge in [-0.25, -0.2) is 4.39 Å². The number of unbranched alkanes of at least 4 members (excludes halogenated alkanes) is 2. The Morgan fingerprint density at radius 2 is 2.00 bits per heavy atom. The van der Waals surface area contributed by atoms with Crippen LogP contribution in [-0.4, -0.2) is 6.61 Å². The number of benzene rings is 1. The Bertz CT molecular complexity index is 350. The van der Waals surface area contributed by atoms with Crippen molar-refractivity contribution < 1.29 is 9.13 Å². The molecule has 1 aromatic carbocycles. The minimum atomic E-state index is -0.224. The van der Waals surface area contributed by atoms with E-state index in [1.165, 1.54) is 25.0 Å². The van der Waals surface area contributed by atoms with Gasteiger partial charge in [0.15, 0.2) is 0 Å². The van der Waals surface area contributed by atoms with Crippen molar-refractivity contribution in [3.63, 3.8) is 0 Å². The summed E-state index contributed by atoms with van der Waals surface area (Å²) in [4.78, 5) is 0. The van der Waals surface area contributed by atoms with Crippen molar-refractivity contribution in [2.45, 2.75) is 38.7 Å². The lowest BCUT2D eigenvalue weighted by Gasteiger charge is -2.16. The summed E-state index contributed by atoms with van der Waals surface area (Å²) in [6, 6.07) is 6.45. The second-order valence-electron chi connectivity index (χ2n) is 4.05. The second kappa shape index (κ2) is 7.86. The number of halogens is 1. The van der Waals surface area contributed by atoms with E-state index in [1.54, 1.807) is 12.1 Å². The first kappa shape index (κ1) is 13.7. The molecule has 0 amide bonds. The molecule has 0 bridgehead atoms. The maximum Gasteiger partial charge on any atom is 0.123 e. The van der Waals surface area contributed by atoms with Crippen molar-refractivity contribution in [3.8, 4) is 12.3 Å². The zero-order chi connectivity index (χ0) is 12.5. The van der Waals surface area contributed by atoms with E-state index in [0.717, 1.165) is 18.4 Å². The van der Waals surface area contributed by atoms with Crippen molar-refractivity contribution in [1.29, 1.82) is 0 Å². The van der Waals surface area contributed by atoms with Gasteiger partial charge in [0.2, 0.25) is 0 Å². The average Bonchev–Trinajstić information content (AvgIpc) is 2.35. The third kappa shape index (κ3) is 5.01. The molecule has 1 nitrogen and oxygen atoms in total. The minimum Gasteiger partial charge on any atom is -0.361 e. The third-order valence-electron chi connectivity index (χ3n) is 2.68. The van der Waals surface area contributed by atoms with E-state index in [-0.39, 0.29) is 11.9 Å². The smallest absolute Gasteiger partial charge is 0.123 e. The monoisotopic (exact) mass is 234 g/mol. The van der Waals surface area contributed by atoms with E-state index in [9.17, 15) is 4.39 Å². The van der Waals surface area contributed by atoms with Gasteiger partial charge in [0.1, 0.15) is 12.4 Å². The molecular formula is C15H19FO. The largest absolute Gasteiger partial charge is 0.361 e. The van der Waals surface area contributed by atoms with Crippen molar-refractivity contribution in [1.82, 2.24) is 0 Å². The number of hydrogen-bond donors (Lipinski definition) is 0. The van der Waals surface area contributed by atoms with Crippen LogP contribution in [0.2, 0.25) is 0 Å². The predicted molar refractivity (Wildman–Crippen MR) is 68.1 cm³/mol. The standard InChI is InChI=1S/C15H19FO/c1-3-5-6-7-15(17-12-4-2)13-8-10-14(16)11-9-13/h2,8-11,15H,3,5-7,12H2,1H3. The van der Waals surface area contributed by atoms with Crippen LogP contribution in [0.5, 0.6) is 0 Å². The number of terminal acetylenes is 1. The lowest BCUT2D eigenvalue weighted by atomic mass is 10.0. The number of rotatable bonds is 7. The average molecular weight is 234 g/mol. The molecular weight excluding hydrogens is 215 g/mol. The van der Waals surface area contributed by atoms with Crippen molar-refractivity contribution in [2.24, 2.45) is 0 Å². The van der Waals surface area contributed by atoms with Crippen LogP contribution in [-0.2, 0) is 4.74 Å². The van der Waals surface area contributed by atoms with Gasteiger partial charge < -0.3 is 4.74 Å². The molecule has 0 N–H and O–H groups in total. The van der Waals surface area contributed by atoms with E-state index in [4.69, 9.17) is 11.2 Å². The minimum absolute atomic E-state index is 0.0156. The Hall–Kier alpha value is -1.33. The van der Waals surface area contributed by atoms with Crippen LogP contribution in [0.15, 0.2) is 24.3 Å². The first-order valence-corrected chi connectivity index (χ1v) is 6.08. The Morgan fingerprint density at radius 1 is 1.29 bits per heavy atom. The maximum atomic E-state index is 12.8. The second-order valence-corrected chi connectivity index (χ2v) is 4.05. The van der Waals surface area contributed by atoms with Crippen LogP contribution < -0.4 is 0 Å². The summed E-state index contributed by atoms with van der Waals surface area (Å²) < 4.78 is 18.4. The fourth-order valence-electron chi connectivity index (χ4n) is 1.75. The van der Waals surface area contributed by atoms with E-state index in [1.807, 2.05) is 0 Å². The Labute approximate surface area is 103 Å². The topological polar surface area (TPSA) is 9.23 Å². The highest BCUT2D eigenvalue weighted by molar-refractivity contribution is 5.18. The molecule has 0 aromatic heterocycles. The third-order valence-corrected chi connectivity index (χ3v) is 2.68. The molecule has 0 fully saturated rings. The first-order chi connectivity index (χ1) is 8.27. The molecule has 0 spiro atoms. The molecule has 0 heterocycles. The van der Waals surface area contributed by atoms with Gasteiger partial charge in [0.05, 0.1) is 6.10 Å². The van der Waals surface area contributed by atoms with Gasteiger partial charge in [-0.15, -0.1) is 6.42 Å². The summed E-state index contributed by atoms with van der Waals surface area (Å²) in [6.07, 6.45) is 9.56. The quantitative estimate of drug-likeness (QED) is 0.510. The molecule has 1 rings (SSSR count). The molecule has 0 aliphatic rings. The van der Waals surface area contributed by atoms with Gasteiger partial charge >= 0.3 is 0 Å². The molecule has 0 saturated carbocycles. The number of ether oxygens (including phenoxy) is 1. The predicted octanol–water partition coefficient (Wildman–Crippen LogP) is 4.10. The zero-order valence-electron chi connectivity index (χ0n) is 10.3. The van der Waals surface area contributed by atoms with Crippen LogP contribution in [0, 0.1) is 18.2 Å². The summed E-state index contributed by atoms with van der Waals surface area (Å²) in [7, 11) is 0. The lowest BCUT2D eigenvalue weighted by molar-refractivity contribution is 0.0690. The Morgan fingerprint density at radius 3 is 2.59 bits per heavy atom. The molecule has 1 atom stereocenters. The highest BCUT2D eigenvalue weighted by atomic mass is 19.1. The van der Waals surface area contributed by atoms with E-state index in [2.05, 4.69) is 12.8 Å². The van der Waals surface area contributed by atoms with E-state index >= 15 is 0 Å². The van der Waals surface area contributed by atoms with Gasteiger partial charge in [0.25, 0.3) is 0 Å². The van der Waals surface area contributed by atoms with Gasteiger partial charge in [-0.3, -0.25) is 0 Å². The molecule has 0 saturated heterocycles. The zero-order valence-corrected chi connectivity index (χ0v) is 10.3. The molecule has 1 unspecified atom stereocenters. The van der Waals surface area contributed by atoms with E-state index in [0.29, 0.717) is 6.61 Å². The fourth-order valence-corrected chi connectivity index (χ4v) is 1.75. The van der Waals surface area contributed by atoms with Gasteiger partial charge in [-0.1, -0.05) is 44.2 Å². The number of hydrogen-bond acceptors (Lipinski definition) is 1. The fraction of sp³-hybridized carbons (Fsp3) is 0.467. The Balaban J connectivity index is 2.61. The summed E-state index contributed by atoms with van der Waals surface area (Å²) in [5.74, 6) is 2.25. The lowest BCUT2D eigenvalue weighted by Crippen LogP contribution is -2.05. The molecule has 92 valence electrons. The maximum absolute atomic E-state index is 12.8. The van der Waals surface area contributed by atoms with Gasteiger partial charge in [-0.05, 0) is 24.1 Å². The highest BCUT2D eigenvalue weighted by Gasteiger charge is 2.11.